The highest BCUT2D eigenvalue weighted by Gasteiger charge is 2.61. The van der Waals surface area contributed by atoms with Crippen molar-refractivity contribution in [2.45, 2.75) is 51.5 Å². The number of alkyl halides is 6. The van der Waals surface area contributed by atoms with Gasteiger partial charge in [0.05, 0.1) is 0 Å². The number of hydrogen-bond acceptors (Lipinski definition) is 3. The van der Waals surface area contributed by atoms with E-state index in [9.17, 15) is 26.3 Å². The van der Waals surface area contributed by atoms with Crippen LogP contribution in [0.2, 0.25) is 13.1 Å². The minimum Gasteiger partial charge on any atom is -0.409 e. The Balaban J connectivity index is 5.52. The van der Waals surface area contributed by atoms with Crippen LogP contribution in [-0.4, -0.2) is 41.7 Å². The van der Waals surface area contributed by atoms with E-state index in [0.29, 0.717) is 0 Å². The smallest absolute Gasteiger partial charge is 0.409 e. The van der Waals surface area contributed by atoms with Gasteiger partial charge in [-0.15, -0.1) is 13.2 Å². The van der Waals surface area contributed by atoms with Crippen LogP contribution < -0.4 is 0 Å². The summed E-state index contributed by atoms with van der Waals surface area (Å²) in [7, 11) is -7.27. The highest BCUT2D eigenvalue weighted by atomic mass is 28.5. The average molecular weight is 382 g/mol. The monoisotopic (exact) mass is 382 g/mol. The van der Waals surface area contributed by atoms with Crippen molar-refractivity contribution in [3.05, 3.63) is 24.6 Å². The highest BCUT2D eigenvalue weighted by molar-refractivity contribution is 6.84. The van der Waals surface area contributed by atoms with Crippen LogP contribution in [0.5, 0.6) is 0 Å². The standard InChI is InChI=1S/C12H20F6O3Si2/c1-7-22(5,19-9(3)4)21-23(6,8-2)20-10(11(13,14)15)12(16,17)18/h7-10H,1-2H2,3-6H3. The summed E-state index contributed by atoms with van der Waals surface area (Å²) in [5.41, 5.74) is 2.12. The summed E-state index contributed by atoms with van der Waals surface area (Å²) in [4.78, 5) is 0. The van der Waals surface area contributed by atoms with Crippen molar-refractivity contribution in [2.75, 3.05) is 0 Å². The van der Waals surface area contributed by atoms with Crippen molar-refractivity contribution in [1.82, 2.24) is 0 Å². The van der Waals surface area contributed by atoms with Gasteiger partial charge in [0.2, 0.25) is 6.10 Å². The molecule has 0 aromatic heterocycles. The first-order chi connectivity index (χ1) is 10.1. The minimum atomic E-state index is -5.62. The zero-order valence-electron chi connectivity index (χ0n) is 13.2. The van der Waals surface area contributed by atoms with E-state index in [0.717, 1.165) is 12.2 Å². The molecule has 0 aliphatic carbocycles. The topological polar surface area (TPSA) is 27.7 Å². The second kappa shape index (κ2) is 7.51. The Morgan fingerprint density at radius 3 is 1.43 bits per heavy atom. The highest BCUT2D eigenvalue weighted by Crippen LogP contribution is 2.38. The maximum atomic E-state index is 12.7. The molecule has 0 amide bonds. The molecule has 0 spiro atoms. The Hall–Kier alpha value is -0.626. The van der Waals surface area contributed by atoms with Crippen molar-refractivity contribution < 1.29 is 39.3 Å². The van der Waals surface area contributed by atoms with Gasteiger partial charge in [0.15, 0.2) is 0 Å². The lowest BCUT2D eigenvalue weighted by Gasteiger charge is -2.37. The fraction of sp³-hybridized carbons (Fsp3) is 0.667. The van der Waals surface area contributed by atoms with Gasteiger partial charge in [-0.2, -0.15) is 26.3 Å². The maximum Gasteiger partial charge on any atom is 0.422 e. The maximum absolute atomic E-state index is 12.7. The van der Waals surface area contributed by atoms with Gasteiger partial charge < -0.3 is 13.0 Å². The van der Waals surface area contributed by atoms with Gasteiger partial charge in [0.25, 0.3) is 0 Å². The lowest BCUT2D eigenvalue weighted by atomic mass is 10.3. The predicted octanol–water partition coefficient (Wildman–Crippen LogP) is 4.53. The Labute approximate surface area is 133 Å². The first-order valence-corrected chi connectivity index (χ1v) is 11.3. The molecular formula is C12H20F6O3Si2. The average Bonchev–Trinajstić information content (AvgIpc) is 2.32. The van der Waals surface area contributed by atoms with Gasteiger partial charge in [-0.1, -0.05) is 11.4 Å². The third kappa shape index (κ3) is 7.20. The van der Waals surface area contributed by atoms with Crippen LogP contribution in [0.25, 0.3) is 0 Å². The van der Waals surface area contributed by atoms with E-state index in [4.69, 9.17) is 8.54 Å². The molecular weight excluding hydrogens is 362 g/mol. The molecule has 2 unspecified atom stereocenters. The summed E-state index contributed by atoms with van der Waals surface area (Å²) in [6, 6.07) is 0. The Kier molecular flexibility index (Phi) is 7.30. The van der Waals surface area contributed by atoms with Crippen molar-refractivity contribution in [3.8, 4) is 0 Å². The Morgan fingerprint density at radius 1 is 0.826 bits per heavy atom. The van der Waals surface area contributed by atoms with Crippen molar-refractivity contribution in [1.29, 1.82) is 0 Å². The number of rotatable bonds is 8. The lowest BCUT2D eigenvalue weighted by Crippen LogP contribution is -2.57. The van der Waals surface area contributed by atoms with E-state index in [-0.39, 0.29) is 6.10 Å². The molecule has 0 N–H and O–H groups in total. The largest absolute Gasteiger partial charge is 0.422 e. The molecule has 0 heterocycles. The van der Waals surface area contributed by atoms with Crippen LogP contribution in [0, 0.1) is 0 Å². The first kappa shape index (κ1) is 22.4. The van der Waals surface area contributed by atoms with E-state index in [1.54, 1.807) is 13.8 Å². The molecule has 0 rings (SSSR count). The summed E-state index contributed by atoms with van der Waals surface area (Å²) in [6.45, 7) is 12.5. The van der Waals surface area contributed by atoms with Gasteiger partial charge in [0.1, 0.15) is 0 Å². The summed E-state index contributed by atoms with van der Waals surface area (Å²) >= 11 is 0. The third-order valence-electron chi connectivity index (χ3n) is 2.56. The molecule has 0 aliphatic rings. The molecule has 0 fully saturated rings. The van der Waals surface area contributed by atoms with Crippen LogP contribution >= 0.6 is 0 Å². The number of hydrogen-bond donors (Lipinski definition) is 0. The first-order valence-electron chi connectivity index (χ1n) is 6.55. The van der Waals surface area contributed by atoms with Gasteiger partial charge >= 0.3 is 29.5 Å². The minimum absolute atomic E-state index is 0.353. The van der Waals surface area contributed by atoms with E-state index < -0.39 is 35.6 Å². The molecule has 0 aromatic carbocycles. The summed E-state index contributed by atoms with van der Waals surface area (Å²) < 4.78 is 91.2. The second-order valence-electron chi connectivity index (χ2n) is 5.29. The van der Waals surface area contributed by atoms with E-state index in [1.165, 1.54) is 12.2 Å². The van der Waals surface area contributed by atoms with Crippen LogP contribution in [0.1, 0.15) is 13.8 Å². The van der Waals surface area contributed by atoms with Crippen LogP contribution in [0.4, 0.5) is 26.3 Å². The summed E-state index contributed by atoms with van der Waals surface area (Å²) in [6.07, 6.45) is -15.5. The fourth-order valence-corrected chi connectivity index (χ4v) is 7.79. The van der Waals surface area contributed by atoms with Gasteiger partial charge in [-0.3, -0.25) is 0 Å². The zero-order chi connectivity index (χ0) is 18.7. The molecule has 0 radical (unpaired) electrons. The zero-order valence-corrected chi connectivity index (χ0v) is 15.2. The molecule has 0 aliphatic heterocycles. The molecule has 3 nitrogen and oxygen atoms in total. The predicted molar refractivity (Wildman–Crippen MR) is 77.9 cm³/mol. The Bertz CT molecular complexity index is 412. The van der Waals surface area contributed by atoms with Crippen molar-refractivity contribution in [2.24, 2.45) is 0 Å². The lowest BCUT2D eigenvalue weighted by molar-refractivity contribution is -0.304. The second-order valence-corrected chi connectivity index (χ2v) is 11.5. The molecule has 0 saturated heterocycles. The van der Waals surface area contributed by atoms with Crippen molar-refractivity contribution >= 4 is 17.1 Å². The molecule has 0 aromatic rings. The van der Waals surface area contributed by atoms with E-state index in [1.807, 2.05) is 0 Å². The van der Waals surface area contributed by atoms with Crippen molar-refractivity contribution in [3.63, 3.8) is 0 Å². The van der Waals surface area contributed by atoms with Crippen LogP contribution in [0.15, 0.2) is 24.6 Å². The van der Waals surface area contributed by atoms with Gasteiger partial charge in [-0.05, 0) is 26.9 Å². The van der Waals surface area contributed by atoms with E-state index in [2.05, 4.69) is 17.6 Å². The van der Waals surface area contributed by atoms with Gasteiger partial charge in [-0.25, -0.2) is 0 Å². The fourth-order valence-electron chi connectivity index (χ4n) is 1.65. The molecule has 23 heavy (non-hydrogen) atoms. The number of halogens is 6. The molecule has 136 valence electrons. The molecule has 2 atom stereocenters. The summed E-state index contributed by atoms with van der Waals surface area (Å²) in [5, 5.41) is 0. The Morgan fingerprint density at radius 2 is 1.17 bits per heavy atom. The molecule has 0 saturated carbocycles. The van der Waals surface area contributed by atoms with E-state index >= 15 is 0 Å². The SMILES string of the molecule is C=C[Si](C)(OC(C)C)O[Si](C)(C=C)OC(C(F)(F)F)C(F)(F)F. The van der Waals surface area contributed by atoms with Crippen LogP contribution in [-0.2, 0) is 13.0 Å². The molecule has 0 bridgehead atoms. The van der Waals surface area contributed by atoms with Crippen LogP contribution in [0.3, 0.4) is 0 Å². The third-order valence-corrected chi connectivity index (χ3v) is 8.93. The van der Waals surface area contributed by atoms with Gasteiger partial charge in [0, 0.05) is 6.10 Å². The normalized spacial score (nSPS) is 18.6. The quantitative estimate of drug-likeness (QED) is 0.456. The molecule has 11 heteroatoms. The summed E-state index contributed by atoms with van der Waals surface area (Å²) in [5.74, 6) is 0.